The summed E-state index contributed by atoms with van der Waals surface area (Å²) in [5.74, 6) is -0.969. The molecule has 32 heavy (non-hydrogen) atoms. The van der Waals surface area contributed by atoms with Crippen LogP contribution in [0.2, 0.25) is 0 Å². The molecule has 2 amide bonds. The molecule has 1 atom stereocenters. The summed E-state index contributed by atoms with van der Waals surface area (Å²) >= 11 is 0. The number of carbonyl (C=O) groups is 2. The molecule has 1 aliphatic rings. The van der Waals surface area contributed by atoms with Crippen molar-refractivity contribution in [3.63, 3.8) is 0 Å². The van der Waals surface area contributed by atoms with E-state index in [1.54, 1.807) is 41.0 Å². The largest absolute Gasteiger partial charge is 0.450 e. The van der Waals surface area contributed by atoms with E-state index in [9.17, 15) is 18.4 Å². The Morgan fingerprint density at radius 3 is 2.34 bits per heavy atom. The third-order valence-electron chi connectivity index (χ3n) is 5.91. The van der Waals surface area contributed by atoms with Crippen LogP contribution in [0.4, 0.5) is 13.6 Å². The molecule has 0 saturated carbocycles. The molecule has 5 nitrogen and oxygen atoms in total. The van der Waals surface area contributed by atoms with Crippen LogP contribution in [-0.2, 0) is 16.1 Å². The van der Waals surface area contributed by atoms with Gasteiger partial charge >= 0.3 is 6.09 Å². The fraction of sp³-hybridized carbons (Fsp3) is 0.440. The lowest BCUT2D eigenvalue weighted by Crippen LogP contribution is -2.45. The zero-order valence-corrected chi connectivity index (χ0v) is 18.6. The van der Waals surface area contributed by atoms with Crippen LogP contribution >= 0.6 is 0 Å². The maximum absolute atomic E-state index is 13.8. The van der Waals surface area contributed by atoms with E-state index in [4.69, 9.17) is 4.74 Å². The molecule has 2 aromatic rings. The van der Waals surface area contributed by atoms with Gasteiger partial charge in [0.1, 0.15) is 11.6 Å². The number of carbonyl (C=O) groups excluding carboxylic acids is 2. The van der Waals surface area contributed by atoms with Crippen molar-refractivity contribution in [1.29, 1.82) is 0 Å². The summed E-state index contributed by atoms with van der Waals surface area (Å²) in [4.78, 5) is 29.0. The highest BCUT2D eigenvalue weighted by molar-refractivity contribution is 5.80. The number of likely N-dealkylation sites (tertiary alicyclic amines) is 1. The van der Waals surface area contributed by atoms with E-state index in [0.29, 0.717) is 44.5 Å². The molecule has 0 unspecified atom stereocenters. The lowest BCUT2D eigenvalue weighted by Gasteiger charge is -2.37. The molecule has 0 spiro atoms. The van der Waals surface area contributed by atoms with E-state index in [2.05, 4.69) is 0 Å². The SMILES string of the molecule is CCOC(=O)N1CCC(C(=O)N(Cc2cccc(F)c2)[C@@H](CC)c2ccc(F)cc2)CC1. The van der Waals surface area contributed by atoms with Crippen LogP contribution in [0.1, 0.15) is 50.3 Å². The molecule has 1 aliphatic heterocycles. The fourth-order valence-electron chi connectivity index (χ4n) is 4.25. The van der Waals surface area contributed by atoms with Crippen LogP contribution < -0.4 is 0 Å². The van der Waals surface area contributed by atoms with Crippen molar-refractivity contribution in [2.45, 2.75) is 45.7 Å². The molecule has 1 fully saturated rings. The molecule has 3 rings (SSSR count). The van der Waals surface area contributed by atoms with E-state index < -0.39 is 0 Å². The second-order valence-corrected chi connectivity index (χ2v) is 8.03. The summed E-state index contributed by atoms with van der Waals surface area (Å²) in [6.45, 7) is 5.22. The van der Waals surface area contributed by atoms with E-state index in [-0.39, 0.29) is 42.1 Å². The van der Waals surface area contributed by atoms with Crippen LogP contribution in [-0.4, -0.2) is 41.5 Å². The topological polar surface area (TPSA) is 49.9 Å². The van der Waals surface area contributed by atoms with Gasteiger partial charge in [-0.25, -0.2) is 13.6 Å². The second kappa shape index (κ2) is 11.1. The third kappa shape index (κ3) is 5.84. The van der Waals surface area contributed by atoms with Gasteiger partial charge in [-0.3, -0.25) is 4.79 Å². The Balaban J connectivity index is 1.82. The molecular weight excluding hydrogens is 414 g/mol. The monoisotopic (exact) mass is 444 g/mol. The van der Waals surface area contributed by atoms with E-state index in [1.165, 1.54) is 24.3 Å². The zero-order chi connectivity index (χ0) is 23.1. The minimum absolute atomic E-state index is 0.0334. The Morgan fingerprint density at radius 1 is 1.06 bits per heavy atom. The minimum Gasteiger partial charge on any atom is -0.450 e. The fourth-order valence-corrected chi connectivity index (χ4v) is 4.25. The standard InChI is InChI=1S/C25H30F2N2O3/c1-3-23(19-8-10-21(26)11-9-19)29(17-18-6-5-7-22(27)16-18)24(30)20-12-14-28(15-13-20)25(31)32-4-2/h5-11,16,20,23H,3-4,12-15,17H2,1-2H3/t23-/m0/s1. The lowest BCUT2D eigenvalue weighted by molar-refractivity contribution is -0.140. The molecule has 7 heteroatoms. The first-order valence-corrected chi connectivity index (χ1v) is 11.1. The summed E-state index contributed by atoms with van der Waals surface area (Å²) in [6.07, 6.45) is 1.36. The summed E-state index contributed by atoms with van der Waals surface area (Å²) in [7, 11) is 0. The van der Waals surface area contributed by atoms with Crippen LogP contribution in [0.3, 0.4) is 0 Å². The number of ether oxygens (including phenoxy) is 1. The van der Waals surface area contributed by atoms with Crippen molar-refractivity contribution in [2.75, 3.05) is 19.7 Å². The molecule has 0 aliphatic carbocycles. The average Bonchev–Trinajstić information content (AvgIpc) is 2.80. The first-order chi connectivity index (χ1) is 15.4. The van der Waals surface area contributed by atoms with Crippen LogP contribution in [0, 0.1) is 17.6 Å². The Hall–Kier alpha value is -2.96. The van der Waals surface area contributed by atoms with Crippen molar-refractivity contribution in [3.05, 3.63) is 71.3 Å². The van der Waals surface area contributed by atoms with Crippen LogP contribution in [0.25, 0.3) is 0 Å². The second-order valence-electron chi connectivity index (χ2n) is 8.03. The summed E-state index contributed by atoms with van der Waals surface area (Å²) < 4.78 is 32.4. The smallest absolute Gasteiger partial charge is 0.409 e. The average molecular weight is 445 g/mol. The maximum atomic E-state index is 13.8. The number of amides is 2. The Kier molecular flexibility index (Phi) is 8.20. The molecule has 2 aromatic carbocycles. The molecule has 0 N–H and O–H groups in total. The molecule has 0 bridgehead atoms. The third-order valence-corrected chi connectivity index (χ3v) is 5.91. The summed E-state index contributed by atoms with van der Waals surface area (Å²) in [5, 5.41) is 0. The maximum Gasteiger partial charge on any atom is 0.409 e. The van der Waals surface area contributed by atoms with Gasteiger partial charge in [0.2, 0.25) is 5.91 Å². The minimum atomic E-state index is -0.354. The Labute approximate surface area is 188 Å². The molecule has 0 aromatic heterocycles. The number of halogens is 2. The predicted molar refractivity (Wildman–Crippen MR) is 118 cm³/mol. The number of hydrogen-bond acceptors (Lipinski definition) is 3. The molecule has 172 valence electrons. The number of piperidine rings is 1. The van der Waals surface area contributed by atoms with E-state index in [1.807, 2.05) is 6.92 Å². The molecule has 0 radical (unpaired) electrons. The quantitative estimate of drug-likeness (QED) is 0.581. The summed E-state index contributed by atoms with van der Waals surface area (Å²) in [5.41, 5.74) is 1.53. The van der Waals surface area contributed by atoms with Crippen molar-refractivity contribution < 1.29 is 23.1 Å². The van der Waals surface area contributed by atoms with E-state index in [0.717, 1.165) is 5.56 Å². The summed E-state index contributed by atoms with van der Waals surface area (Å²) in [6, 6.07) is 12.1. The van der Waals surface area contributed by atoms with Crippen molar-refractivity contribution in [3.8, 4) is 0 Å². The van der Waals surface area contributed by atoms with Crippen molar-refractivity contribution >= 4 is 12.0 Å². The highest BCUT2D eigenvalue weighted by Gasteiger charge is 2.33. The first kappa shape index (κ1) is 23.7. The zero-order valence-electron chi connectivity index (χ0n) is 18.6. The van der Waals surface area contributed by atoms with Gasteiger partial charge in [-0.1, -0.05) is 31.2 Å². The Morgan fingerprint density at radius 2 is 1.75 bits per heavy atom. The van der Waals surface area contributed by atoms with Gasteiger partial charge < -0.3 is 14.5 Å². The number of hydrogen-bond donors (Lipinski definition) is 0. The van der Waals surface area contributed by atoms with Gasteiger partial charge in [-0.05, 0) is 61.6 Å². The van der Waals surface area contributed by atoms with Crippen LogP contribution in [0.15, 0.2) is 48.5 Å². The first-order valence-electron chi connectivity index (χ1n) is 11.1. The highest BCUT2D eigenvalue weighted by atomic mass is 19.1. The van der Waals surface area contributed by atoms with Gasteiger partial charge in [-0.2, -0.15) is 0 Å². The van der Waals surface area contributed by atoms with Gasteiger partial charge in [-0.15, -0.1) is 0 Å². The molecule has 1 saturated heterocycles. The number of benzene rings is 2. The number of nitrogens with zero attached hydrogens (tertiary/aromatic N) is 2. The van der Waals surface area contributed by atoms with Crippen LogP contribution in [0.5, 0.6) is 0 Å². The number of rotatable bonds is 7. The van der Waals surface area contributed by atoms with Gasteiger partial charge in [0, 0.05) is 25.6 Å². The predicted octanol–water partition coefficient (Wildman–Crippen LogP) is 5.31. The van der Waals surface area contributed by atoms with Crippen molar-refractivity contribution in [2.24, 2.45) is 5.92 Å². The molecular formula is C25H30F2N2O3. The van der Waals surface area contributed by atoms with Gasteiger partial charge in [0.25, 0.3) is 0 Å². The lowest BCUT2D eigenvalue weighted by atomic mass is 9.93. The van der Waals surface area contributed by atoms with Crippen molar-refractivity contribution in [1.82, 2.24) is 9.80 Å². The van der Waals surface area contributed by atoms with E-state index >= 15 is 0 Å². The Bertz CT molecular complexity index is 912. The highest BCUT2D eigenvalue weighted by Crippen LogP contribution is 2.31. The van der Waals surface area contributed by atoms with Gasteiger partial charge in [0.05, 0.1) is 12.6 Å². The normalized spacial score (nSPS) is 15.3. The molecule has 1 heterocycles. The van der Waals surface area contributed by atoms with Gasteiger partial charge in [0.15, 0.2) is 0 Å².